The SMILES string of the molecule is CCC(N)Cc1cc(F)ccc1OCC(=O)N(C)C1CC1. The number of halogens is 1. The molecule has 1 unspecified atom stereocenters. The largest absolute Gasteiger partial charge is 0.483 e. The van der Waals surface area contributed by atoms with Crippen LogP contribution in [0.5, 0.6) is 5.75 Å². The molecule has 21 heavy (non-hydrogen) atoms. The summed E-state index contributed by atoms with van der Waals surface area (Å²) in [5.74, 6) is 0.174. The third kappa shape index (κ3) is 4.43. The summed E-state index contributed by atoms with van der Waals surface area (Å²) in [4.78, 5) is 13.7. The minimum atomic E-state index is -0.318. The van der Waals surface area contributed by atoms with E-state index in [1.807, 2.05) is 6.92 Å². The van der Waals surface area contributed by atoms with Gasteiger partial charge in [-0.3, -0.25) is 4.79 Å². The molecule has 2 N–H and O–H groups in total. The van der Waals surface area contributed by atoms with E-state index >= 15 is 0 Å². The number of benzene rings is 1. The monoisotopic (exact) mass is 294 g/mol. The van der Waals surface area contributed by atoms with Crippen LogP contribution in [0.3, 0.4) is 0 Å². The molecule has 0 heterocycles. The van der Waals surface area contributed by atoms with Gasteiger partial charge in [-0.1, -0.05) is 6.92 Å². The maximum Gasteiger partial charge on any atom is 0.260 e. The Kier molecular flexibility index (Phi) is 5.17. The summed E-state index contributed by atoms with van der Waals surface area (Å²) in [7, 11) is 1.79. The maximum absolute atomic E-state index is 13.4. The lowest BCUT2D eigenvalue weighted by Gasteiger charge is -2.18. The minimum absolute atomic E-state index is 0.0208. The molecule has 1 atom stereocenters. The van der Waals surface area contributed by atoms with Crippen LogP contribution in [0, 0.1) is 5.82 Å². The third-order valence-corrected chi connectivity index (χ3v) is 3.87. The summed E-state index contributed by atoms with van der Waals surface area (Å²) < 4.78 is 19.0. The van der Waals surface area contributed by atoms with Gasteiger partial charge in [0.05, 0.1) is 0 Å². The first-order valence-corrected chi connectivity index (χ1v) is 7.43. The summed E-state index contributed by atoms with van der Waals surface area (Å²) in [5, 5.41) is 0. The number of hydrogen-bond acceptors (Lipinski definition) is 3. The Balaban J connectivity index is 1.99. The fourth-order valence-corrected chi connectivity index (χ4v) is 2.18. The number of nitrogens with two attached hydrogens (primary N) is 1. The van der Waals surface area contributed by atoms with Crippen molar-refractivity contribution in [2.75, 3.05) is 13.7 Å². The molecule has 1 aliphatic rings. The van der Waals surface area contributed by atoms with E-state index < -0.39 is 0 Å². The Labute approximate surface area is 125 Å². The highest BCUT2D eigenvalue weighted by molar-refractivity contribution is 5.78. The molecule has 0 aliphatic heterocycles. The molecular formula is C16H23FN2O2. The van der Waals surface area contributed by atoms with Crippen LogP contribution in [-0.2, 0) is 11.2 Å². The number of carbonyl (C=O) groups excluding carboxylic acids is 1. The van der Waals surface area contributed by atoms with Crippen molar-refractivity contribution >= 4 is 5.91 Å². The molecule has 0 saturated heterocycles. The van der Waals surface area contributed by atoms with E-state index in [1.54, 1.807) is 18.0 Å². The first-order valence-electron chi connectivity index (χ1n) is 7.43. The Morgan fingerprint density at radius 2 is 2.24 bits per heavy atom. The van der Waals surface area contributed by atoms with Crippen LogP contribution < -0.4 is 10.5 Å². The van der Waals surface area contributed by atoms with Crippen LogP contribution in [0.25, 0.3) is 0 Å². The zero-order valence-corrected chi connectivity index (χ0v) is 12.6. The van der Waals surface area contributed by atoms with Gasteiger partial charge in [0, 0.05) is 19.1 Å². The van der Waals surface area contributed by atoms with Crippen LogP contribution in [0.4, 0.5) is 4.39 Å². The van der Waals surface area contributed by atoms with Gasteiger partial charge in [-0.15, -0.1) is 0 Å². The van der Waals surface area contributed by atoms with Gasteiger partial charge in [0.25, 0.3) is 5.91 Å². The molecular weight excluding hydrogens is 271 g/mol. The van der Waals surface area contributed by atoms with E-state index in [0.717, 1.165) is 19.3 Å². The predicted octanol–water partition coefficient (Wildman–Crippen LogP) is 2.11. The number of ether oxygens (including phenoxy) is 1. The van der Waals surface area contributed by atoms with Crippen LogP contribution in [0.1, 0.15) is 31.7 Å². The molecule has 1 saturated carbocycles. The van der Waals surface area contributed by atoms with Gasteiger partial charge in [0.15, 0.2) is 6.61 Å². The smallest absolute Gasteiger partial charge is 0.260 e. The molecule has 0 radical (unpaired) electrons. The predicted molar refractivity (Wildman–Crippen MR) is 79.7 cm³/mol. The molecule has 0 spiro atoms. The molecule has 116 valence electrons. The number of rotatable bonds is 7. The first-order chi connectivity index (χ1) is 10.0. The number of hydrogen-bond donors (Lipinski definition) is 1. The standard InChI is InChI=1S/C16H23FN2O2/c1-3-13(18)9-11-8-12(17)4-7-15(11)21-10-16(20)19(2)14-5-6-14/h4,7-8,13-14H,3,5-6,9-10,18H2,1-2H3. The van der Waals surface area contributed by atoms with E-state index in [-0.39, 0.29) is 24.4 Å². The minimum Gasteiger partial charge on any atom is -0.483 e. The van der Waals surface area contributed by atoms with Gasteiger partial charge >= 0.3 is 0 Å². The molecule has 1 aromatic rings. The number of carbonyl (C=O) groups is 1. The molecule has 5 heteroatoms. The van der Waals surface area contributed by atoms with Crippen molar-refractivity contribution in [3.63, 3.8) is 0 Å². The second kappa shape index (κ2) is 6.89. The molecule has 0 aromatic heterocycles. The lowest BCUT2D eigenvalue weighted by Crippen LogP contribution is -2.33. The second-order valence-corrected chi connectivity index (χ2v) is 5.65. The topological polar surface area (TPSA) is 55.6 Å². The third-order valence-electron chi connectivity index (χ3n) is 3.87. The van der Waals surface area contributed by atoms with Gasteiger partial charge in [-0.2, -0.15) is 0 Å². The second-order valence-electron chi connectivity index (χ2n) is 5.65. The van der Waals surface area contributed by atoms with E-state index in [0.29, 0.717) is 23.8 Å². The van der Waals surface area contributed by atoms with Crippen molar-refractivity contribution in [3.05, 3.63) is 29.6 Å². The molecule has 4 nitrogen and oxygen atoms in total. The molecule has 2 rings (SSSR count). The van der Waals surface area contributed by atoms with Crippen molar-refractivity contribution in [3.8, 4) is 5.75 Å². The van der Waals surface area contributed by atoms with Gasteiger partial charge in [-0.25, -0.2) is 4.39 Å². The quantitative estimate of drug-likeness (QED) is 0.838. The van der Waals surface area contributed by atoms with Crippen molar-refractivity contribution in [2.24, 2.45) is 5.73 Å². The lowest BCUT2D eigenvalue weighted by atomic mass is 10.0. The first kappa shape index (κ1) is 15.8. The molecule has 1 aromatic carbocycles. The van der Waals surface area contributed by atoms with Gasteiger partial charge in [0.1, 0.15) is 11.6 Å². The highest BCUT2D eigenvalue weighted by Gasteiger charge is 2.29. The van der Waals surface area contributed by atoms with Crippen molar-refractivity contribution in [2.45, 2.75) is 44.7 Å². The van der Waals surface area contributed by atoms with Gasteiger partial charge < -0.3 is 15.4 Å². The lowest BCUT2D eigenvalue weighted by molar-refractivity contribution is -0.132. The van der Waals surface area contributed by atoms with Crippen molar-refractivity contribution < 1.29 is 13.9 Å². The van der Waals surface area contributed by atoms with E-state index in [2.05, 4.69) is 0 Å². The van der Waals surface area contributed by atoms with E-state index in [4.69, 9.17) is 10.5 Å². The average Bonchev–Trinajstić information content (AvgIpc) is 3.29. The summed E-state index contributed by atoms with van der Waals surface area (Å²) in [5.41, 5.74) is 6.64. The Morgan fingerprint density at radius 3 is 2.86 bits per heavy atom. The maximum atomic E-state index is 13.4. The van der Waals surface area contributed by atoms with E-state index in [1.165, 1.54) is 12.1 Å². The fourth-order valence-electron chi connectivity index (χ4n) is 2.18. The van der Waals surface area contributed by atoms with E-state index in [9.17, 15) is 9.18 Å². The summed E-state index contributed by atoms with van der Waals surface area (Å²) >= 11 is 0. The van der Waals surface area contributed by atoms with Crippen LogP contribution >= 0.6 is 0 Å². The Morgan fingerprint density at radius 1 is 1.52 bits per heavy atom. The van der Waals surface area contributed by atoms with Gasteiger partial charge in [-0.05, 0) is 49.4 Å². The zero-order valence-electron chi connectivity index (χ0n) is 12.6. The number of amides is 1. The highest BCUT2D eigenvalue weighted by Crippen LogP contribution is 2.26. The summed E-state index contributed by atoms with van der Waals surface area (Å²) in [6.45, 7) is 1.96. The Hall–Kier alpha value is -1.62. The fraction of sp³-hybridized carbons (Fsp3) is 0.562. The van der Waals surface area contributed by atoms with Crippen LogP contribution in [0.15, 0.2) is 18.2 Å². The normalized spacial score (nSPS) is 15.6. The van der Waals surface area contributed by atoms with Gasteiger partial charge in [0.2, 0.25) is 0 Å². The zero-order chi connectivity index (χ0) is 15.4. The molecule has 0 bridgehead atoms. The molecule has 1 fully saturated rings. The average molecular weight is 294 g/mol. The van der Waals surface area contributed by atoms with Crippen molar-refractivity contribution in [1.29, 1.82) is 0 Å². The van der Waals surface area contributed by atoms with Crippen molar-refractivity contribution in [1.82, 2.24) is 4.90 Å². The van der Waals surface area contributed by atoms with Crippen LogP contribution in [0.2, 0.25) is 0 Å². The Bertz CT molecular complexity index is 503. The van der Waals surface area contributed by atoms with Crippen LogP contribution in [-0.4, -0.2) is 36.5 Å². The number of likely N-dealkylation sites (N-methyl/N-ethyl adjacent to an activating group) is 1. The molecule has 1 aliphatic carbocycles. The molecule has 1 amide bonds. The number of nitrogens with zero attached hydrogens (tertiary/aromatic N) is 1. The highest BCUT2D eigenvalue weighted by atomic mass is 19.1. The summed E-state index contributed by atoms with van der Waals surface area (Å²) in [6.07, 6.45) is 3.47. The summed E-state index contributed by atoms with van der Waals surface area (Å²) in [6, 6.07) is 4.66.